The summed E-state index contributed by atoms with van der Waals surface area (Å²) in [4.78, 5) is -0.620. The molecule has 0 unspecified atom stereocenters. The predicted octanol–water partition coefficient (Wildman–Crippen LogP) is 0.300. The lowest BCUT2D eigenvalue weighted by Gasteiger charge is -2.11. The van der Waals surface area contributed by atoms with E-state index >= 15 is 0 Å². The second-order valence-corrected chi connectivity index (χ2v) is 8.11. The second-order valence-electron chi connectivity index (χ2n) is 3.44. The molecule has 18 heavy (non-hydrogen) atoms. The maximum absolute atomic E-state index is 11.5. The first-order chi connectivity index (χ1) is 8.13. The highest BCUT2D eigenvalue weighted by Crippen LogP contribution is 1.95. The smallest absolute Gasteiger partial charge is 0.233 e. The molecule has 0 rings (SSSR count). The first-order valence-electron chi connectivity index (χ1n) is 5.22. The molecule has 0 aliphatic rings. The molecule has 0 atom stereocenters. The number of thiocarbonyl (C=S) groups is 2. The van der Waals surface area contributed by atoms with Crippen molar-refractivity contribution in [2.75, 3.05) is 11.5 Å². The third-order valence-electron chi connectivity index (χ3n) is 1.85. The van der Waals surface area contributed by atoms with E-state index in [4.69, 9.17) is 24.4 Å². The average Bonchev–Trinajstić information content (AvgIpc) is 2.25. The van der Waals surface area contributed by atoms with E-state index < -0.39 is 20.0 Å². The van der Waals surface area contributed by atoms with Crippen LogP contribution in [-0.4, -0.2) is 38.3 Å². The van der Waals surface area contributed by atoms with Crippen molar-refractivity contribution < 1.29 is 16.8 Å². The Bertz CT molecular complexity index is 509. The minimum absolute atomic E-state index is 0.0766. The van der Waals surface area contributed by atoms with Crippen molar-refractivity contribution in [3.63, 3.8) is 0 Å². The van der Waals surface area contributed by atoms with Crippen LogP contribution in [0.3, 0.4) is 0 Å². The van der Waals surface area contributed by atoms with Gasteiger partial charge in [0, 0.05) is 0 Å². The predicted molar refractivity (Wildman–Crippen MR) is 79.6 cm³/mol. The summed E-state index contributed by atoms with van der Waals surface area (Å²) < 4.78 is 49.5. The zero-order valence-electron chi connectivity index (χ0n) is 10.1. The quantitative estimate of drug-likeness (QED) is 0.680. The molecule has 10 heteroatoms. The van der Waals surface area contributed by atoms with Crippen molar-refractivity contribution in [1.29, 1.82) is 0 Å². The summed E-state index contributed by atoms with van der Waals surface area (Å²) in [7, 11) is -7.11. The molecule has 0 bridgehead atoms. The molecule has 0 fully saturated rings. The minimum Gasteiger partial charge on any atom is -0.271 e. The van der Waals surface area contributed by atoms with E-state index in [-0.39, 0.29) is 21.5 Å². The van der Waals surface area contributed by atoms with Gasteiger partial charge in [-0.1, -0.05) is 37.8 Å². The van der Waals surface area contributed by atoms with Crippen molar-refractivity contribution in [2.24, 2.45) is 0 Å². The lowest BCUT2D eigenvalue weighted by molar-refractivity contribution is 0.588. The summed E-state index contributed by atoms with van der Waals surface area (Å²) >= 11 is 9.45. The Balaban J connectivity index is 4.56. The molecule has 0 aromatic heterocycles. The third-order valence-corrected chi connectivity index (χ3v) is 5.47. The zero-order chi connectivity index (χ0) is 14.4. The van der Waals surface area contributed by atoms with Crippen LogP contribution in [0.5, 0.6) is 0 Å². The van der Waals surface area contributed by atoms with Gasteiger partial charge in [-0.2, -0.15) is 0 Å². The molecule has 6 nitrogen and oxygen atoms in total. The van der Waals surface area contributed by atoms with Gasteiger partial charge in [-0.15, -0.1) is 0 Å². The Hall–Kier alpha value is -0.320. The van der Waals surface area contributed by atoms with Crippen LogP contribution in [0.15, 0.2) is 0 Å². The van der Waals surface area contributed by atoms with Gasteiger partial charge in [0.05, 0.1) is 11.5 Å². The molecule has 0 saturated heterocycles. The van der Waals surface area contributed by atoms with Crippen LogP contribution < -0.4 is 9.44 Å². The molecule has 106 valence electrons. The number of unbranched alkanes of at least 4 members (excludes halogenated alkanes) is 1. The van der Waals surface area contributed by atoms with Crippen molar-refractivity contribution >= 4 is 54.5 Å². The van der Waals surface area contributed by atoms with Gasteiger partial charge in [0.2, 0.25) is 20.0 Å². The number of sulfonamides is 2. The van der Waals surface area contributed by atoms with Gasteiger partial charge in [-0.25, -0.2) is 16.8 Å². The van der Waals surface area contributed by atoms with E-state index in [1.165, 1.54) is 6.92 Å². The van der Waals surface area contributed by atoms with Crippen LogP contribution in [0.4, 0.5) is 0 Å². The highest BCUT2D eigenvalue weighted by Gasteiger charge is 2.17. The molecule has 0 saturated carbocycles. The van der Waals surface area contributed by atoms with Gasteiger partial charge in [-0.3, -0.25) is 9.44 Å². The molecule has 0 aliphatic carbocycles. The number of rotatable bonds is 6. The molecule has 0 aromatic carbocycles. The van der Waals surface area contributed by atoms with E-state index in [2.05, 4.69) is 4.72 Å². The topological polar surface area (TPSA) is 92.3 Å². The summed E-state index contributed by atoms with van der Waals surface area (Å²) in [5.74, 6) is -0.245. The van der Waals surface area contributed by atoms with Gasteiger partial charge in [0.15, 0.2) is 0 Å². The standard InChI is InChI=1S/C8H16N2O4S4/c1-3-5-6-18(13,14)10-8(16)7(15)9-17(11,12)4-2/h3-6H2,1-2H3,(H,9,15)(H,10,16). The molecule has 0 aliphatic heterocycles. The van der Waals surface area contributed by atoms with Crippen molar-refractivity contribution in [2.45, 2.75) is 26.7 Å². The Morgan fingerprint density at radius 1 is 0.944 bits per heavy atom. The summed E-state index contributed by atoms with van der Waals surface area (Å²) in [6.45, 7) is 3.28. The van der Waals surface area contributed by atoms with Crippen molar-refractivity contribution in [3.8, 4) is 0 Å². The Kier molecular flexibility index (Phi) is 7.18. The average molecular weight is 332 g/mol. The van der Waals surface area contributed by atoms with E-state index in [9.17, 15) is 16.8 Å². The van der Waals surface area contributed by atoms with Gasteiger partial charge >= 0.3 is 0 Å². The van der Waals surface area contributed by atoms with E-state index in [0.717, 1.165) is 6.42 Å². The molecular weight excluding hydrogens is 316 g/mol. The van der Waals surface area contributed by atoms with Gasteiger partial charge < -0.3 is 0 Å². The summed E-state index contributed by atoms with van der Waals surface area (Å²) in [5.41, 5.74) is 0. The summed E-state index contributed by atoms with van der Waals surface area (Å²) in [6, 6.07) is 0. The van der Waals surface area contributed by atoms with Gasteiger partial charge in [0.1, 0.15) is 9.98 Å². The van der Waals surface area contributed by atoms with Crippen molar-refractivity contribution in [3.05, 3.63) is 0 Å². The first-order valence-corrected chi connectivity index (χ1v) is 9.35. The first kappa shape index (κ1) is 17.7. The van der Waals surface area contributed by atoms with E-state index in [1.54, 1.807) is 0 Å². The van der Waals surface area contributed by atoms with Crippen LogP contribution in [0.2, 0.25) is 0 Å². The molecule has 0 aromatic rings. The fourth-order valence-electron chi connectivity index (χ4n) is 0.833. The Morgan fingerprint density at radius 3 is 1.78 bits per heavy atom. The highest BCUT2D eigenvalue weighted by atomic mass is 32.2. The normalized spacial score (nSPS) is 11.9. The SMILES string of the molecule is CCCCS(=O)(=O)NC(=S)C(=S)NS(=O)(=O)CC. The maximum Gasteiger partial charge on any atom is 0.233 e. The monoisotopic (exact) mass is 332 g/mol. The summed E-state index contributed by atoms with van der Waals surface area (Å²) in [5, 5.41) is 0. The number of nitrogens with one attached hydrogen (secondary N) is 2. The van der Waals surface area contributed by atoms with E-state index in [0.29, 0.717) is 6.42 Å². The minimum atomic E-state index is -3.56. The van der Waals surface area contributed by atoms with Crippen LogP contribution >= 0.6 is 24.4 Å². The summed E-state index contributed by atoms with van der Waals surface area (Å²) in [6.07, 6.45) is 1.21. The van der Waals surface area contributed by atoms with Crippen LogP contribution in [0, 0.1) is 0 Å². The fourth-order valence-corrected chi connectivity index (χ4v) is 3.51. The lowest BCUT2D eigenvalue weighted by atomic mass is 10.4. The Labute approximate surface area is 119 Å². The molecular formula is C8H16N2O4S4. The van der Waals surface area contributed by atoms with Crippen molar-refractivity contribution in [1.82, 2.24) is 9.44 Å². The lowest BCUT2D eigenvalue weighted by Crippen LogP contribution is -2.43. The maximum atomic E-state index is 11.5. The second kappa shape index (κ2) is 7.31. The van der Waals surface area contributed by atoms with Crippen LogP contribution in [-0.2, 0) is 20.0 Å². The molecule has 0 heterocycles. The third kappa shape index (κ3) is 7.19. The Morgan fingerprint density at radius 2 is 1.39 bits per heavy atom. The molecule has 0 radical (unpaired) electrons. The fraction of sp³-hybridized carbons (Fsp3) is 0.750. The van der Waals surface area contributed by atoms with Crippen LogP contribution in [0.1, 0.15) is 26.7 Å². The zero-order valence-corrected chi connectivity index (χ0v) is 13.4. The van der Waals surface area contributed by atoms with Gasteiger partial charge in [-0.05, 0) is 13.3 Å². The van der Waals surface area contributed by atoms with Gasteiger partial charge in [0.25, 0.3) is 0 Å². The highest BCUT2D eigenvalue weighted by molar-refractivity contribution is 7.96. The largest absolute Gasteiger partial charge is 0.271 e. The number of hydrogen-bond acceptors (Lipinski definition) is 6. The molecule has 2 N–H and O–H groups in total. The molecule has 0 amide bonds. The van der Waals surface area contributed by atoms with Crippen LogP contribution in [0.25, 0.3) is 0 Å². The number of hydrogen-bond donors (Lipinski definition) is 2. The van der Waals surface area contributed by atoms with E-state index in [1.807, 2.05) is 11.6 Å². The molecule has 0 spiro atoms.